The van der Waals surface area contributed by atoms with Crippen molar-refractivity contribution in [1.82, 2.24) is 0 Å². The zero-order chi connectivity index (χ0) is 13.2. The summed E-state index contributed by atoms with van der Waals surface area (Å²) >= 11 is 3.52. The van der Waals surface area contributed by atoms with Crippen LogP contribution in [0.5, 0.6) is 5.75 Å². The first kappa shape index (κ1) is 13.6. The van der Waals surface area contributed by atoms with Gasteiger partial charge in [0.05, 0.1) is 12.2 Å². The van der Waals surface area contributed by atoms with Gasteiger partial charge in [0.25, 0.3) is 0 Å². The topological polar surface area (TPSA) is 29.5 Å². The average Bonchev–Trinajstić information content (AvgIpc) is 2.74. The lowest BCUT2D eigenvalue weighted by molar-refractivity contribution is 0.0517. The first-order valence-electron chi connectivity index (χ1n) is 6.29. The summed E-state index contributed by atoms with van der Waals surface area (Å²) in [5.41, 5.74) is 1.61. The van der Waals surface area contributed by atoms with E-state index in [0.29, 0.717) is 6.42 Å². The predicted octanol–water partition coefficient (Wildman–Crippen LogP) is 3.64. The molecular weight excluding hydrogens is 292 g/mol. The molecule has 0 fully saturated rings. The second kappa shape index (κ2) is 5.45. The largest absolute Gasteiger partial charge is 0.493 e. The predicted molar refractivity (Wildman–Crippen MR) is 77.1 cm³/mol. The summed E-state index contributed by atoms with van der Waals surface area (Å²) in [7, 11) is 0. The van der Waals surface area contributed by atoms with E-state index in [0.717, 1.165) is 41.7 Å². The molecule has 0 bridgehead atoms. The maximum Gasteiger partial charge on any atom is 0.125 e. The molecule has 0 aliphatic carbocycles. The van der Waals surface area contributed by atoms with Crippen molar-refractivity contribution in [3.63, 3.8) is 0 Å². The molecule has 1 heterocycles. The number of allylic oxidation sites excluding steroid dienone is 1. The molecule has 2 rings (SSSR count). The van der Waals surface area contributed by atoms with Gasteiger partial charge in [-0.05, 0) is 43.0 Å². The summed E-state index contributed by atoms with van der Waals surface area (Å²) in [4.78, 5) is 0. The zero-order valence-corrected chi connectivity index (χ0v) is 12.3. The molecule has 2 nitrogen and oxygen atoms in total. The molecule has 1 aliphatic rings. The summed E-state index contributed by atoms with van der Waals surface area (Å²) in [6.45, 7) is 6.32. The number of ether oxygens (including phenoxy) is 1. The summed E-state index contributed by atoms with van der Waals surface area (Å²) < 4.78 is 6.74. The van der Waals surface area contributed by atoms with Crippen molar-refractivity contribution in [2.75, 3.05) is 6.61 Å². The summed E-state index contributed by atoms with van der Waals surface area (Å²) in [6.07, 6.45) is 4.96. The Balaban J connectivity index is 2.21. The van der Waals surface area contributed by atoms with Gasteiger partial charge in [-0.25, -0.2) is 0 Å². The van der Waals surface area contributed by atoms with Gasteiger partial charge in [0.2, 0.25) is 0 Å². The van der Waals surface area contributed by atoms with Gasteiger partial charge in [0.15, 0.2) is 0 Å². The highest BCUT2D eigenvalue weighted by Crippen LogP contribution is 2.35. The van der Waals surface area contributed by atoms with Crippen LogP contribution in [0.4, 0.5) is 0 Å². The van der Waals surface area contributed by atoms with Crippen LogP contribution >= 0.6 is 15.9 Å². The third kappa shape index (κ3) is 3.15. The fourth-order valence-electron chi connectivity index (χ4n) is 2.39. The van der Waals surface area contributed by atoms with Crippen LogP contribution < -0.4 is 4.74 Å². The van der Waals surface area contributed by atoms with Gasteiger partial charge in [-0.3, -0.25) is 0 Å². The molecule has 0 aromatic heterocycles. The van der Waals surface area contributed by atoms with E-state index < -0.39 is 5.60 Å². The molecule has 3 heteroatoms. The van der Waals surface area contributed by atoms with Crippen LogP contribution in [0.1, 0.15) is 30.9 Å². The first-order chi connectivity index (χ1) is 8.52. The molecule has 1 unspecified atom stereocenters. The fraction of sp³-hybridized carbons (Fsp3) is 0.467. The van der Waals surface area contributed by atoms with Crippen molar-refractivity contribution in [2.24, 2.45) is 0 Å². The number of rotatable bonds is 5. The molecule has 1 atom stereocenters. The highest BCUT2D eigenvalue weighted by atomic mass is 79.9. The Morgan fingerprint density at radius 2 is 2.33 bits per heavy atom. The number of hydrogen-bond acceptors (Lipinski definition) is 2. The van der Waals surface area contributed by atoms with E-state index in [4.69, 9.17) is 4.74 Å². The molecule has 1 aromatic carbocycles. The Labute approximate surface area is 117 Å². The minimum Gasteiger partial charge on any atom is -0.493 e. The summed E-state index contributed by atoms with van der Waals surface area (Å²) in [5.74, 6) is 0.970. The van der Waals surface area contributed by atoms with Gasteiger partial charge in [0.1, 0.15) is 5.75 Å². The molecule has 0 amide bonds. The third-order valence-electron chi connectivity index (χ3n) is 3.28. The molecule has 18 heavy (non-hydrogen) atoms. The van der Waals surface area contributed by atoms with Crippen LogP contribution in [0.15, 0.2) is 29.3 Å². The number of hydrogen-bond donors (Lipinski definition) is 1. The van der Waals surface area contributed by atoms with E-state index in [1.54, 1.807) is 0 Å². The molecule has 1 aliphatic heterocycles. The number of aliphatic hydroxyl groups is 1. The highest BCUT2D eigenvalue weighted by Gasteiger charge is 2.25. The van der Waals surface area contributed by atoms with Crippen molar-refractivity contribution >= 4 is 15.9 Å². The van der Waals surface area contributed by atoms with Crippen LogP contribution in [0.3, 0.4) is 0 Å². The molecule has 0 radical (unpaired) electrons. The Morgan fingerprint density at radius 3 is 3.06 bits per heavy atom. The van der Waals surface area contributed by atoms with Crippen molar-refractivity contribution in [3.8, 4) is 5.75 Å². The quantitative estimate of drug-likeness (QED) is 0.841. The molecule has 0 saturated heterocycles. The van der Waals surface area contributed by atoms with Crippen LogP contribution in [0.2, 0.25) is 0 Å². The Hall–Kier alpha value is -0.800. The molecule has 1 N–H and O–H groups in total. The van der Waals surface area contributed by atoms with E-state index in [-0.39, 0.29) is 0 Å². The van der Waals surface area contributed by atoms with Gasteiger partial charge in [-0.15, -0.1) is 6.58 Å². The average molecular weight is 311 g/mol. The van der Waals surface area contributed by atoms with Crippen molar-refractivity contribution in [2.45, 2.75) is 38.2 Å². The number of fused-ring (bicyclic) bond motifs is 1. The normalized spacial score (nSPS) is 16.8. The SMILES string of the molecule is C=CCCC(C)(O)Cc1cc(Br)cc2c1OCC2. The lowest BCUT2D eigenvalue weighted by Gasteiger charge is -2.24. The first-order valence-corrected chi connectivity index (χ1v) is 7.08. The second-order valence-corrected chi connectivity index (χ2v) is 6.07. The number of halogens is 1. The van der Waals surface area contributed by atoms with E-state index in [9.17, 15) is 5.11 Å². The Bertz CT molecular complexity index is 452. The van der Waals surface area contributed by atoms with Crippen LogP contribution in [-0.2, 0) is 12.8 Å². The highest BCUT2D eigenvalue weighted by molar-refractivity contribution is 9.10. The maximum absolute atomic E-state index is 10.4. The van der Waals surface area contributed by atoms with Crippen molar-refractivity contribution < 1.29 is 9.84 Å². The van der Waals surface area contributed by atoms with Gasteiger partial charge in [-0.1, -0.05) is 22.0 Å². The summed E-state index contributed by atoms with van der Waals surface area (Å²) in [5, 5.41) is 10.4. The third-order valence-corrected chi connectivity index (χ3v) is 3.74. The summed E-state index contributed by atoms with van der Waals surface area (Å²) in [6, 6.07) is 4.15. The second-order valence-electron chi connectivity index (χ2n) is 5.15. The number of benzene rings is 1. The van der Waals surface area contributed by atoms with Crippen LogP contribution in [0.25, 0.3) is 0 Å². The standard InChI is InChI=1S/C15H19BrO2/c1-3-4-6-15(2,17)10-12-9-13(16)8-11-5-7-18-14(11)12/h3,8-9,17H,1,4-7,10H2,2H3. The fourth-order valence-corrected chi connectivity index (χ4v) is 2.94. The molecule has 1 aromatic rings. The lowest BCUT2D eigenvalue weighted by Crippen LogP contribution is -2.27. The molecule has 0 saturated carbocycles. The minimum absolute atomic E-state index is 0.614. The maximum atomic E-state index is 10.4. The zero-order valence-electron chi connectivity index (χ0n) is 10.7. The van der Waals surface area contributed by atoms with Gasteiger partial charge in [-0.2, -0.15) is 0 Å². The van der Waals surface area contributed by atoms with E-state index >= 15 is 0 Å². The van der Waals surface area contributed by atoms with E-state index in [2.05, 4.69) is 28.6 Å². The Kier molecular flexibility index (Phi) is 4.13. The molecule has 98 valence electrons. The monoisotopic (exact) mass is 310 g/mol. The minimum atomic E-state index is -0.714. The Morgan fingerprint density at radius 1 is 1.56 bits per heavy atom. The lowest BCUT2D eigenvalue weighted by atomic mass is 9.90. The van der Waals surface area contributed by atoms with Gasteiger partial charge < -0.3 is 9.84 Å². The van der Waals surface area contributed by atoms with Crippen molar-refractivity contribution in [1.29, 1.82) is 0 Å². The van der Waals surface area contributed by atoms with Crippen molar-refractivity contribution in [3.05, 3.63) is 40.4 Å². The smallest absolute Gasteiger partial charge is 0.125 e. The van der Waals surface area contributed by atoms with E-state index in [1.807, 2.05) is 19.1 Å². The van der Waals surface area contributed by atoms with E-state index in [1.165, 1.54) is 5.56 Å². The van der Waals surface area contributed by atoms with Crippen LogP contribution in [0, 0.1) is 0 Å². The van der Waals surface area contributed by atoms with Crippen LogP contribution in [-0.4, -0.2) is 17.3 Å². The molecular formula is C15H19BrO2. The molecule has 0 spiro atoms. The van der Waals surface area contributed by atoms with Gasteiger partial charge >= 0.3 is 0 Å². The van der Waals surface area contributed by atoms with Gasteiger partial charge in [0, 0.05) is 17.3 Å².